The summed E-state index contributed by atoms with van der Waals surface area (Å²) in [6.07, 6.45) is 3.39. The van der Waals surface area contributed by atoms with Gasteiger partial charge in [0.25, 0.3) is 5.69 Å². The highest BCUT2D eigenvalue weighted by molar-refractivity contribution is 5.87. The van der Waals surface area contributed by atoms with E-state index in [1.807, 2.05) is 0 Å². The number of non-ortho nitro benzene ring substituents is 1. The minimum absolute atomic E-state index is 0.0120. The van der Waals surface area contributed by atoms with E-state index >= 15 is 0 Å². The molecule has 0 radical (unpaired) electrons. The first-order valence-corrected chi connectivity index (χ1v) is 5.86. The molecule has 0 saturated heterocycles. The van der Waals surface area contributed by atoms with Crippen LogP contribution in [0.1, 0.15) is 12.0 Å². The number of carbonyl (C=O) groups is 1. The predicted octanol–water partition coefficient (Wildman–Crippen LogP) is 1.11. The fraction of sp³-hybridized carbons (Fsp3) is 0.308. The lowest BCUT2D eigenvalue weighted by Gasteiger charge is -1.94. The molecule has 20 heavy (non-hydrogen) atoms. The highest BCUT2D eigenvalue weighted by atomic mass is 16.6. The summed E-state index contributed by atoms with van der Waals surface area (Å²) in [5.41, 5.74) is 5.55. The zero-order valence-electron chi connectivity index (χ0n) is 11.2. The number of aliphatic hydroxyl groups excluding tert-OH is 1. The Hall–Kier alpha value is -2.25. The molecule has 110 valence electrons. The zero-order valence-corrected chi connectivity index (χ0v) is 11.2. The average Bonchev–Trinajstić information content (AvgIpc) is 2.46. The van der Waals surface area contributed by atoms with Crippen molar-refractivity contribution in [2.45, 2.75) is 6.42 Å². The largest absolute Gasteiger partial charge is 0.466 e. The van der Waals surface area contributed by atoms with Crippen molar-refractivity contribution in [1.29, 1.82) is 0 Å². The van der Waals surface area contributed by atoms with Crippen LogP contribution in [0.4, 0.5) is 5.69 Å². The Kier molecular flexibility index (Phi) is 9.45. The lowest BCUT2D eigenvalue weighted by molar-refractivity contribution is -0.384. The smallest absolute Gasteiger partial charge is 0.330 e. The molecule has 7 heteroatoms. The van der Waals surface area contributed by atoms with Crippen molar-refractivity contribution < 1.29 is 19.6 Å². The van der Waals surface area contributed by atoms with Gasteiger partial charge in [0, 0.05) is 24.8 Å². The van der Waals surface area contributed by atoms with Gasteiger partial charge in [-0.05, 0) is 24.6 Å². The van der Waals surface area contributed by atoms with Gasteiger partial charge in [0.2, 0.25) is 0 Å². The third kappa shape index (κ3) is 7.96. The van der Waals surface area contributed by atoms with Crippen molar-refractivity contribution in [1.82, 2.24) is 0 Å². The van der Waals surface area contributed by atoms with E-state index in [4.69, 9.17) is 10.8 Å². The SMILES string of the molecule is COC(=O)C=Cc1cccc([N+](=O)[O-])c1.NCCCO. The number of hydrogen-bond donors (Lipinski definition) is 2. The predicted molar refractivity (Wildman–Crippen MR) is 74.9 cm³/mol. The molecule has 0 aliphatic carbocycles. The number of hydrogen-bond acceptors (Lipinski definition) is 6. The molecule has 1 rings (SSSR count). The van der Waals surface area contributed by atoms with Gasteiger partial charge in [-0.15, -0.1) is 0 Å². The van der Waals surface area contributed by atoms with Gasteiger partial charge in [-0.3, -0.25) is 10.1 Å². The van der Waals surface area contributed by atoms with Crippen LogP contribution in [0, 0.1) is 10.1 Å². The van der Waals surface area contributed by atoms with Crippen molar-refractivity contribution >= 4 is 17.7 Å². The molecule has 0 aliphatic rings. The quantitative estimate of drug-likeness (QED) is 0.361. The van der Waals surface area contributed by atoms with E-state index < -0.39 is 10.9 Å². The lowest BCUT2D eigenvalue weighted by Crippen LogP contribution is -1.99. The van der Waals surface area contributed by atoms with E-state index in [0.29, 0.717) is 12.1 Å². The number of nitro groups is 1. The van der Waals surface area contributed by atoms with Gasteiger partial charge < -0.3 is 15.6 Å². The molecule has 1 aromatic rings. The molecule has 3 N–H and O–H groups in total. The van der Waals surface area contributed by atoms with Gasteiger partial charge in [-0.2, -0.15) is 0 Å². The molecule has 1 aromatic carbocycles. The number of carbonyl (C=O) groups excluding carboxylic acids is 1. The Labute approximate surface area is 116 Å². The number of esters is 1. The minimum Gasteiger partial charge on any atom is -0.466 e. The highest BCUT2D eigenvalue weighted by Gasteiger charge is 2.03. The van der Waals surface area contributed by atoms with Crippen LogP contribution in [-0.4, -0.2) is 36.3 Å². The van der Waals surface area contributed by atoms with E-state index in [9.17, 15) is 14.9 Å². The maximum Gasteiger partial charge on any atom is 0.330 e. The third-order valence-electron chi connectivity index (χ3n) is 2.06. The Balaban J connectivity index is 0.000000621. The molecule has 0 fully saturated rings. The molecule has 7 nitrogen and oxygen atoms in total. The van der Waals surface area contributed by atoms with Crippen LogP contribution in [-0.2, 0) is 9.53 Å². The Morgan fingerprint density at radius 2 is 2.25 bits per heavy atom. The van der Waals surface area contributed by atoms with Gasteiger partial charge in [0.15, 0.2) is 0 Å². The summed E-state index contributed by atoms with van der Waals surface area (Å²) >= 11 is 0. The van der Waals surface area contributed by atoms with Crippen LogP contribution in [0.25, 0.3) is 6.08 Å². The average molecular weight is 282 g/mol. The topological polar surface area (TPSA) is 116 Å². The highest BCUT2D eigenvalue weighted by Crippen LogP contribution is 2.13. The molecule has 0 aromatic heterocycles. The molecule has 0 aliphatic heterocycles. The summed E-state index contributed by atoms with van der Waals surface area (Å²) in [5, 5.41) is 18.4. The number of nitro benzene ring substituents is 1. The normalized spacial score (nSPS) is 9.75. The van der Waals surface area contributed by atoms with Crippen molar-refractivity contribution in [3.05, 3.63) is 46.0 Å². The summed E-state index contributed by atoms with van der Waals surface area (Å²) in [4.78, 5) is 20.7. The molecule has 0 heterocycles. The second-order valence-electron chi connectivity index (χ2n) is 3.57. The van der Waals surface area contributed by atoms with E-state index in [-0.39, 0.29) is 12.3 Å². The van der Waals surface area contributed by atoms with Crippen LogP contribution in [0.3, 0.4) is 0 Å². The van der Waals surface area contributed by atoms with Crippen LogP contribution in [0.15, 0.2) is 30.3 Å². The van der Waals surface area contributed by atoms with E-state index in [1.54, 1.807) is 12.1 Å². The van der Waals surface area contributed by atoms with Gasteiger partial charge in [-0.25, -0.2) is 4.79 Å². The summed E-state index contributed by atoms with van der Waals surface area (Å²) in [5.74, 6) is -0.499. The number of ether oxygens (including phenoxy) is 1. The number of rotatable bonds is 5. The zero-order chi connectivity index (χ0) is 15.4. The number of nitrogens with two attached hydrogens (primary N) is 1. The second-order valence-corrected chi connectivity index (χ2v) is 3.57. The van der Waals surface area contributed by atoms with Crippen molar-refractivity contribution in [3.8, 4) is 0 Å². The van der Waals surface area contributed by atoms with Gasteiger partial charge >= 0.3 is 5.97 Å². The summed E-state index contributed by atoms with van der Waals surface area (Å²) < 4.78 is 4.39. The second kappa shape index (κ2) is 10.7. The van der Waals surface area contributed by atoms with Gasteiger partial charge in [0.05, 0.1) is 12.0 Å². The monoisotopic (exact) mass is 282 g/mol. The minimum atomic E-state index is -0.499. The van der Waals surface area contributed by atoms with Crippen LogP contribution >= 0.6 is 0 Å². The molecular weight excluding hydrogens is 264 g/mol. The molecule has 0 spiro atoms. The molecule has 0 saturated carbocycles. The summed E-state index contributed by atoms with van der Waals surface area (Å²) in [7, 11) is 1.26. The molecule has 0 amide bonds. The summed E-state index contributed by atoms with van der Waals surface area (Å²) in [6, 6.07) is 5.97. The Morgan fingerprint density at radius 1 is 1.55 bits per heavy atom. The molecule has 0 bridgehead atoms. The van der Waals surface area contributed by atoms with Gasteiger partial charge in [-0.1, -0.05) is 12.1 Å². The first-order chi connectivity index (χ1) is 9.54. The molecular formula is C13H18N2O5. The number of nitrogens with zero attached hydrogens (tertiary/aromatic N) is 1. The van der Waals surface area contributed by atoms with E-state index in [2.05, 4.69) is 4.74 Å². The van der Waals surface area contributed by atoms with Crippen molar-refractivity contribution in [3.63, 3.8) is 0 Å². The first kappa shape index (κ1) is 17.8. The van der Waals surface area contributed by atoms with Gasteiger partial charge in [0.1, 0.15) is 0 Å². The maximum atomic E-state index is 10.8. The maximum absolute atomic E-state index is 10.8. The summed E-state index contributed by atoms with van der Waals surface area (Å²) in [6.45, 7) is 0.812. The standard InChI is InChI=1S/C10H9NO4.C3H9NO/c1-15-10(12)6-5-8-3-2-4-9(7-8)11(13)14;4-2-1-3-5/h2-7H,1H3;5H,1-4H2. The van der Waals surface area contributed by atoms with Crippen LogP contribution < -0.4 is 5.73 Å². The first-order valence-electron chi connectivity index (χ1n) is 5.86. The number of aliphatic hydroxyl groups is 1. The number of benzene rings is 1. The fourth-order valence-electron chi connectivity index (χ4n) is 1.07. The fourth-order valence-corrected chi connectivity index (χ4v) is 1.07. The molecule has 0 unspecified atom stereocenters. The van der Waals surface area contributed by atoms with E-state index in [0.717, 1.165) is 6.42 Å². The molecule has 0 atom stereocenters. The third-order valence-corrected chi connectivity index (χ3v) is 2.06. The van der Waals surface area contributed by atoms with Crippen molar-refractivity contribution in [2.24, 2.45) is 5.73 Å². The van der Waals surface area contributed by atoms with Crippen molar-refractivity contribution in [2.75, 3.05) is 20.3 Å². The Morgan fingerprint density at radius 3 is 2.70 bits per heavy atom. The Bertz CT molecular complexity index is 458. The lowest BCUT2D eigenvalue weighted by atomic mass is 10.2. The van der Waals surface area contributed by atoms with Crippen LogP contribution in [0.5, 0.6) is 0 Å². The number of methoxy groups -OCH3 is 1. The van der Waals surface area contributed by atoms with Crippen LogP contribution in [0.2, 0.25) is 0 Å². The van der Waals surface area contributed by atoms with E-state index in [1.165, 1.54) is 31.4 Å².